The van der Waals surface area contributed by atoms with Crippen LogP contribution in [0.2, 0.25) is 0 Å². The molecule has 3 N–H and O–H groups in total. The third-order valence-corrected chi connectivity index (χ3v) is 7.70. The van der Waals surface area contributed by atoms with Gasteiger partial charge in [-0.2, -0.15) is 15.4 Å². The highest BCUT2D eigenvalue weighted by molar-refractivity contribution is 9.10. The van der Waals surface area contributed by atoms with Gasteiger partial charge in [0, 0.05) is 35.7 Å². The zero-order valence-corrected chi connectivity index (χ0v) is 19.3. The first-order valence-electron chi connectivity index (χ1n) is 11.2. The van der Waals surface area contributed by atoms with E-state index in [4.69, 9.17) is 4.98 Å². The van der Waals surface area contributed by atoms with Gasteiger partial charge in [0.05, 0.1) is 18.1 Å². The number of H-pyrrole nitrogens is 2. The van der Waals surface area contributed by atoms with Crippen LogP contribution in [-0.2, 0) is 12.8 Å². The molecule has 10 heteroatoms. The van der Waals surface area contributed by atoms with Crippen molar-refractivity contribution >= 4 is 27.7 Å². The van der Waals surface area contributed by atoms with Crippen LogP contribution in [0.5, 0.6) is 0 Å². The molecule has 4 heterocycles. The summed E-state index contributed by atoms with van der Waals surface area (Å²) in [4.78, 5) is 19.6. The SMILES string of the molecule is Brc1ccc2c(c1)CC(Nc1nccc(-c3ncc(N4CC5C(C4)C5c4cn[nH]n4)[nH]3)n1)C2. The summed E-state index contributed by atoms with van der Waals surface area (Å²) in [5, 5.41) is 14.5. The zero-order chi connectivity index (χ0) is 21.9. The van der Waals surface area contributed by atoms with Gasteiger partial charge in [0.2, 0.25) is 5.95 Å². The second-order valence-corrected chi connectivity index (χ2v) is 10.1. The Morgan fingerprint density at radius 2 is 1.91 bits per heavy atom. The molecule has 1 saturated carbocycles. The van der Waals surface area contributed by atoms with Gasteiger partial charge in [0.25, 0.3) is 0 Å². The molecule has 1 aliphatic heterocycles. The van der Waals surface area contributed by atoms with Crippen molar-refractivity contribution in [1.29, 1.82) is 0 Å². The predicted octanol–water partition coefficient (Wildman–Crippen LogP) is 3.18. The molecular formula is C23H22BrN9. The Morgan fingerprint density at radius 1 is 1.03 bits per heavy atom. The van der Waals surface area contributed by atoms with Crippen LogP contribution in [-0.4, -0.2) is 54.5 Å². The first kappa shape index (κ1) is 19.2. The predicted molar refractivity (Wildman–Crippen MR) is 127 cm³/mol. The number of halogens is 1. The summed E-state index contributed by atoms with van der Waals surface area (Å²) in [7, 11) is 0. The molecule has 3 aliphatic rings. The van der Waals surface area contributed by atoms with Gasteiger partial charge in [-0.25, -0.2) is 15.0 Å². The summed E-state index contributed by atoms with van der Waals surface area (Å²) in [6.07, 6.45) is 7.50. The van der Waals surface area contributed by atoms with Crippen molar-refractivity contribution in [2.75, 3.05) is 23.3 Å². The molecule has 4 aromatic rings. The lowest BCUT2D eigenvalue weighted by Gasteiger charge is -2.19. The van der Waals surface area contributed by atoms with E-state index in [1.54, 1.807) is 6.20 Å². The lowest BCUT2D eigenvalue weighted by atomic mass is 10.1. The molecule has 3 atom stereocenters. The first-order valence-corrected chi connectivity index (χ1v) is 12.0. The molecule has 9 nitrogen and oxygen atoms in total. The third kappa shape index (κ3) is 3.40. The standard InChI is InChI=1S/C23H22BrN9/c24-14-2-1-12-6-15(7-13(12)5-14)28-23-25-4-3-18(29-23)22-26-9-20(30-22)33-10-16-17(11-33)21(16)19-8-27-32-31-19/h1-5,8-9,15-17,21H,6-7,10-11H2,(H,26,30)(H,25,28,29)(H,27,31,32). The Morgan fingerprint density at radius 3 is 2.76 bits per heavy atom. The van der Waals surface area contributed by atoms with Crippen molar-refractivity contribution in [3.8, 4) is 11.5 Å². The van der Waals surface area contributed by atoms with Crippen LogP contribution < -0.4 is 10.2 Å². The van der Waals surface area contributed by atoms with Gasteiger partial charge in [-0.15, -0.1) is 0 Å². The second kappa shape index (κ2) is 7.38. The minimum Gasteiger partial charge on any atom is -0.356 e. The summed E-state index contributed by atoms with van der Waals surface area (Å²) in [6.45, 7) is 2.03. The van der Waals surface area contributed by atoms with Crippen LogP contribution in [0.1, 0.15) is 22.7 Å². The molecule has 2 aliphatic carbocycles. The largest absolute Gasteiger partial charge is 0.356 e. The van der Waals surface area contributed by atoms with E-state index in [9.17, 15) is 0 Å². The lowest BCUT2D eigenvalue weighted by Crippen LogP contribution is -2.24. The molecule has 3 unspecified atom stereocenters. The Kier molecular flexibility index (Phi) is 4.30. The topological polar surface area (TPSA) is 111 Å². The normalized spacial score (nSPS) is 25.2. The van der Waals surface area contributed by atoms with Gasteiger partial charge in [-0.3, -0.25) is 0 Å². The number of anilines is 2. The fourth-order valence-electron chi connectivity index (χ4n) is 5.57. The second-order valence-electron chi connectivity index (χ2n) is 9.20. The summed E-state index contributed by atoms with van der Waals surface area (Å²) in [6, 6.07) is 8.70. The summed E-state index contributed by atoms with van der Waals surface area (Å²) in [5.41, 5.74) is 4.65. The average molecular weight is 504 g/mol. The van der Waals surface area contributed by atoms with Gasteiger partial charge >= 0.3 is 0 Å². The average Bonchev–Trinajstić information content (AvgIpc) is 3.44. The van der Waals surface area contributed by atoms with Crippen molar-refractivity contribution in [3.05, 3.63) is 64.1 Å². The number of imidazole rings is 1. The molecule has 3 aromatic heterocycles. The lowest BCUT2D eigenvalue weighted by molar-refractivity contribution is 0.729. The maximum absolute atomic E-state index is 4.73. The molecule has 7 rings (SSSR count). The van der Waals surface area contributed by atoms with Crippen LogP contribution >= 0.6 is 15.9 Å². The molecular weight excluding hydrogens is 482 g/mol. The van der Waals surface area contributed by atoms with Crippen LogP contribution in [0, 0.1) is 11.8 Å². The fraction of sp³-hybridized carbons (Fsp3) is 0.348. The molecule has 33 heavy (non-hydrogen) atoms. The third-order valence-electron chi connectivity index (χ3n) is 7.20. The maximum atomic E-state index is 4.73. The van der Waals surface area contributed by atoms with Gasteiger partial charge < -0.3 is 15.2 Å². The molecule has 0 bridgehead atoms. The number of piperidine rings is 1. The smallest absolute Gasteiger partial charge is 0.223 e. The van der Waals surface area contributed by atoms with Crippen molar-refractivity contribution in [2.45, 2.75) is 24.8 Å². The monoisotopic (exact) mass is 503 g/mol. The molecule has 0 radical (unpaired) electrons. The highest BCUT2D eigenvalue weighted by Crippen LogP contribution is 2.57. The van der Waals surface area contributed by atoms with E-state index in [-0.39, 0.29) is 0 Å². The molecule has 1 aromatic carbocycles. The Bertz CT molecular complexity index is 1310. The highest BCUT2D eigenvalue weighted by atomic mass is 79.9. The highest BCUT2D eigenvalue weighted by Gasteiger charge is 2.57. The van der Waals surface area contributed by atoms with E-state index in [1.807, 2.05) is 18.5 Å². The van der Waals surface area contributed by atoms with Crippen molar-refractivity contribution in [3.63, 3.8) is 0 Å². The van der Waals surface area contributed by atoms with Crippen molar-refractivity contribution < 1.29 is 0 Å². The van der Waals surface area contributed by atoms with E-state index in [1.165, 1.54) is 11.1 Å². The Labute approximate surface area is 198 Å². The Hall–Kier alpha value is -3.27. The summed E-state index contributed by atoms with van der Waals surface area (Å²) < 4.78 is 1.12. The van der Waals surface area contributed by atoms with E-state index < -0.39 is 0 Å². The van der Waals surface area contributed by atoms with E-state index in [2.05, 4.69) is 74.7 Å². The number of rotatable bonds is 5. The summed E-state index contributed by atoms with van der Waals surface area (Å²) >= 11 is 3.57. The first-order chi connectivity index (χ1) is 16.2. The van der Waals surface area contributed by atoms with Crippen LogP contribution in [0.4, 0.5) is 11.8 Å². The number of nitrogens with one attached hydrogen (secondary N) is 3. The van der Waals surface area contributed by atoms with E-state index >= 15 is 0 Å². The fourth-order valence-corrected chi connectivity index (χ4v) is 5.98. The molecule has 0 spiro atoms. The number of fused-ring (bicyclic) bond motifs is 2. The van der Waals surface area contributed by atoms with Crippen LogP contribution in [0.15, 0.2) is 47.3 Å². The zero-order valence-electron chi connectivity index (χ0n) is 17.7. The molecule has 166 valence electrons. The maximum Gasteiger partial charge on any atom is 0.223 e. The van der Waals surface area contributed by atoms with Crippen LogP contribution in [0.3, 0.4) is 0 Å². The number of hydrogen-bond donors (Lipinski definition) is 3. The minimum absolute atomic E-state index is 0.297. The van der Waals surface area contributed by atoms with E-state index in [0.717, 1.165) is 53.4 Å². The van der Waals surface area contributed by atoms with Gasteiger partial charge in [0.1, 0.15) is 11.5 Å². The number of aromatic nitrogens is 7. The quantitative estimate of drug-likeness (QED) is 0.383. The van der Waals surface area contributed by atoms with Gasteiger partial charge in [0.15, 0.2) is 5.82 Å². The summed E-state index contributed by atoms with van der Waals surface area (Å²) in [5.74, 6) is 4.28. The van der Waals surface area contributed by atoms with Gasteiger partial charge in [-0.1, -0.05) is 22.0 Å². The number of aromatic amines is 2. The molecule has 1 saturated heterocycles. The molecule has 0 amide bonds. The van der Waals surface area contributed by atoms with Crippen molar-refractivity contribution in [2.24, 2.45) is 11.8 Å². The minimum atomic E-state index is 0.297. The van der Waals surface area contributed by atoms with Crippen molar-refractivity contribution in [1.82, 2.24) is 35.3 Å². The number of hydrogen-bond acceptors (Lipinski definition) is 7. The number of benzene rings is 1. The van der Waals surface area contributed by atoms with E-state index in [0.29, 0.717) is 29.7 Å². The number of nitrogens with zero attached hydrogens (tertiary/aromatic N) is 6. The molecule has 2 fully saturated rings. The van der Waals surface area contributed by atoms with Crippen LogP contribution in [0.25, 0.3) is 11.5 Å². The van der Waals surface area contributed by atoms with Gasteiger partial charge in [-0.05, 0) is 54.0 Å². The Balaban J connectivity index is 1.02.